The van der Waals surface area contributed by atoms with Crippen LogP contribution in [0.1, 0.15) is 5.56 Å². The lowest BCUT2D eigenvalue weighted by Crippen LogP contribution is -2.13. The van der Waals surface area contributed by atoms with Gasteiger partial charge in [0.25, 0.3) is 0 Å². The lowest BCUT2D eigenvalue weighted by Gasteiger charge is -2.10. The van der Waals surface area contributed by atoms with Crippen LogP contribution in [-0.2, 0) is 4.74 Å². The average molecular weight is 252 g/mol. The molecule has 0 aromatic heterocycles. The molecule has 0 fully saturated rings. The molecule has 0 bridgehead atoms. The summed E-state index contributed by atoms with van der Waals surface area (Å²) in [6.45, 7) is 0. The van der Waals surface area contributed by atoms with Gasteiger partial charge in [0.1, 0.15) is 0 Å². The normalized spacial score (nSPS) is 12.8. The minimum atomic E-state index is -4.47. The van der Waals surface area contributed by atoms with Gasteiger partial charge in [-0.3, -0.25) is 0 Å². The van der Waals surface area contributed by atoms with E-state index in [1.54, 1.807) is 18.2 Å². The van der Waals surface area contributed by atoms with Crippen LogP contribution < -0.4 is 0 Å². The van der Waals surface area contributed by atoms with Crippen LogP contribution in [0, 0.1) is 0 Å². The minimum absolute atomic E-state index is 0.461. The summed E-state index contributed by atoms with van der Waals surface area (Å²) in [5.41, 5.74) is 0.461. The molecule has 0 spiro atoms. The Labute approximate surface area is 102 Å². The number of methoxy groups -OCH3 is 1. The van der Waals surface area contributed by atoms with Gasteiger partial charge < -0.3 is 4.74 Å². The maximum absolute atomic E-state index is 12.5. The van der Waals surface area contributed by atoms with Crippen LogP contribution in [-0.4, -0.2) is 13.3 Å². The molecule has 94 valence electrons. The summed E-state index contributed by atoms with van der Waals surface area (Å²) in [5.74, 6) is -1.00. The molecule has 0 aliphatic rings. The number of hydrogen-bond acceptors (Lipinski definition) is 1. The van der Waals surface area contributed by atoms with Crippen LogP contribution in [0.5, 0.6) is 0 Å². The highest BCUT2D eigenvalue weighted by molar-refractivity contribution is 5.84. The van der Waals surface area contributed by atoms with Crippen molar-refractivity contribution in [2.45, 2.75) is 6.18 Å². The van der Waals surface area contributed by atoms with Crippen molar-refractivity contribution in [3.63, 3.8) is 0 Å². The molecule has 18 heavy (non-hydrogen) atoms. The van der Waals surface area contributed by atoms with Gasteiger partial charge in [0.15, 0.2) is 0 Å². The SMILES string of the molecule is CO/C(=C/c1ccc2ccccc2c1)C(F)(F)F. The quantitative estimate of drug-likeness (QED) is 0.720. The fraction of sp³-hybridized carbons (Fsp3) is 0.143. The highest BCUT2D eigenvalue weighted by Crippen LogP contribution is 2.28. The monoisotopic (exact) mass is 252 g/mol. The van der Waals surface area contributed by atoms with Gasteiger partial charge in [-0.1, -0.05) is 36.4 Å². The van der Waals surface area contributed by atoms with Gasteiger partial charge in [-0.25, -0.2) is 0 Å². The third-order valence-corrected chi connectivity index (χ3v) is 2.57. The Morgan fingerprint density at radius 3 is 2.33 bits per heavy atom. The first kappa shape index (κ1) is 12.5. The first-order valence-corrected chi connectivity index (χ1v) is 5.32. The topological polar surface area (TPSA) is 9.23 Å². The van der Waals surface area contributed by atoms with Crippen molar-refractivity contribution in [2.24, 2.45) is 0 Å². The molecule has 0 unspecified atom stereocenters. The summed E-state index contributed by atoms with van der Waals surface area (Å²) in [6, 6.07) is 12.6. The molecule has 0 N–H and O–H groups in total. The second-order valence-electron chi connectivity index (χ2n) is 3.82. The van der Waals surface area contributed by atoms with Gasteiger partial charge in [0.05, 0.1) is 7.11 Å². The summed E-state index contributed by atoms with van der Waals surface area (Å²) in [5, 5.41) is 1.88. The molecule has 0 saturated heterocycles. The van der Waals surface area contributed by atoms with Crippen molar-refractivity contribution >= 4 is 16.8 Å². The number of alkyl halides is 3. The summed E-state index contributed by atoms with van der Waals surface area (Å²) in [6.07, 6.45) is -3.48. The maximum atomic E-state index is 12.5. The maximum Gasteiger partial charge on any atom is 0.448 e. The molecule has 4 heteroatoms. The summed E-state index contributed by atoms with van der Waals surface area (Å²) < 4.78 is 41.9. The first-order valence-electron chi connectivity index (χ1n) is 5.32. The molecular weight excluding hydrogens is 241 g/mol. The van der Waals surface area contributed by atoms with Crippen molar-refractivity contribution in [3.8, 4) is 0 Å². The third-order valence-electron chi connectivity index (χ3n) is 2.57. The van der Waals surface area contributed by atoms with Crippen LogP contribution in [0.2, 0.25) is 0 Å². The number of allylic oxidation sites excluding steroid dienone is 1. The van der Waals surface area contributed by atoms with Gasteiger partial charge in [-0.15, -0.1) is 0 Å². The van der Waals surface area contributed by atoms with Gasteiger partial charge >= 0.3 is 6.18 Å². The first-order chi connectivity index (χ1) is 8.50. The molecule has 0 atom stereocenters. The van der Waals surface area contributed by atoms with Crippen molar-refractivity contribution in [3.05, 3.63) is 53.8 Å². The van der Waals surface area contributed by atoms with Crippen LogP contribution in [0.25, 0.3) is 16.8 Å². The smallest absolute Gasteiger partial charge is 0.448 e. The van der Waals surface area contributed by atoms with Crippen LogP contribution in [0.15, 0.2) is 48.2 Å². The lowest BCUT2D eigenvalue weighted by atomic mass is 10.1. The van der Waals surface area contributed by atoms with E-state index in [-0.39, 0.29) is 0 Å². The molecule has 0 amide bonds. The molecule has 0 aliphatic carbocycles. The van der Waals surface area contributed by atoms with E-state index in [1.807, 2.05) is 24.3 Å². The molecule has 1 nitrogen and oxygen atoms in total. The molecule has 0 radical (unpaired) electrons. The van der Waals surface area contributed by atoms with Crippen LogP contribution in [0.4, 0.5) is 13.2 Å². The van der Waals surface area contributed by atoms with Gasteiger partial charge in [0, 0.05) is 0 Å². The van der Waals surface area contributed by atoms with E-state index >= 15 is 0 Å². The van der Waals surface area contributed by atoms with E-state index in [9.17, 15) is 13.2 Å². The van der Waals surface area contributed by atoms with Crippen molar-refractivity contribution in [1.29, 1.82) is 0 Å². The number of fused-ring (bicyclic) bond motifs is 1. The molecule has 2 rings (SSSR count). The Morgan fingerprint density at radius 2 is 1.72 bits per heavy atom. The second kappa shape index (κ2) is 4.72. The van der Waals surface area contributed by atoms with Gasteiger partial charge in [-0.2, -0.15) is 13.2 Å². The van der Waals surface area contributed by atoms with Crippen molar-refractivity contribution < 1.29 is 17.9 Å². The van der Waals surface area contributed by atoms with Crippen LogP contribution in [0.3, 0.4) is 0 Å². The van der Waals surface area contributed by atoms with E-state index < -0.39 is 11.9 Å². The lowest BCUT2D eigenvalue weighted by molar-refractivity contribution is -0.124. The molecule has 0 heterocycles. The van der Waals surface area contributed by atoms with Crippen molar-refractivity contribution in [1.82, 2.24) is 0 Å². The highest BCUT2D eigenvalue weighted by atomic mass is 19.4. The number of hydrogen-bond donors (Lipinski definition) is 0. The fourth-order valence-electron chi connectivity index (χ4n) is 1.71. The number of benzene rings is 2. The Kier molecular flexibility index (Phi) is 3.28. The van der Waals surface area contributed by atoms with Crippen molar-refractivity contribution in [2.75, 3.05) is 7.11 Å². The predicted octanol–water partition coefficient (Wildman–Crippen LogP) is 4.39. The minimum Gasteiger partial charge on any atom is -0.492 e. The van der Waals surface area contributed by atoms with E-state index in [4.69, 9.17) is 0 Å². The van der Waals surface area contributed by atoms with E-state index in [2.05, 4.69) is 4.74 Å². The third kappa shape index (κ3) is 2.64. The van der Waals surface area contributed by atoms with E-state index in [0.29, 0.717) is 5.56 Å². The Morgan fingerprint density at radius 1 is 1.06 bits per heavy atom. The molecule has 0 saturated carbocycles. The van der Waals surface area contributed by atoms with E-state index in [0.717, 1.165) is 24.0 Å². The number of rotatable bonds is 2. The Hall–Kier alpha value is -1.97. The zero-order valence-corrected chi connectivity index (χ0v) is 9.66. The Balaban J connectivity index is 2.45. The summed E-state index contributed by atoms with van der Waals surface area (Å²) >= 11 is 0. The number of halogens is 3. The highest BCUT2D eigenvalue weighted by Gasteiger charge is 2.35. The second-order valence-corrected chi connectivity index (χ2v) is 3.82. The Bertz CT molecular complexity index is 585. The van der Waals surface area contributed by atoms with Gasteiger partial charge in [0.2, 0.25) is 5.76 Å². The summed E-state index contributed by atoms with van der Waals surface area (Å²) in [4.78, 5) is 0. The molecule has 2 aromatic rings. The zero-order valence-electron chi connectivity index (χ0n) is 9.66. The zero-order chi connectivity index (χ0) is 13.2. The average Bonchev–Trinajstić information content (AvgIpc) is 2.34. The number of ether oxygens (including phenoxy) is 1. The van der Waals surface area contributed by atoms with Crippen LogP contribution >= 0.6 is 0 Å². The molecule has 0 aliphatic heterocycles. The molecular formula is C14H11F3O. The molecule has 2 aromatic carbocycles. The van der Waals surface area contributed by atoms with Gasteiger partial charge in [-0.05, 0) is 28.5 Å². The predicted molar refractivity (Wildman–Crippen MR) is 65.0 cm³/mol. The van der Waals surface area contributed by atoms with E-state index in [1.165, 1.54) is 0 Å². The summed E-state index contributed by atoms with van der Waals surface area (Å²) in [7, 11) is 1.01. The largest absolute Gasteiger partial charge is 0.492 e. The standard InChI is InChI=1S/C14H11F3O/c1-18-13(14(15,16)17)9-10-6-7-11-4-2-3-5-12(11)8-10/h2-9H,1H3/b13-9+. The fourth-order valence-corrected chi connectivity index (χ4v) is 1.71.